The Bertz CT molecular complexity index is 648. The molecule has 22 heavy (non-hydrogen) atoms. The lowest BCUT2D eigenvalue weighted by molar-refractivity contribution is -0.153. The van der Waals surface area contributed by atoms with Gasteiger partial charge in [-0.25, -0.2) is 13.2 Å². The highest BCUT2D eigenvalue weighted by molar-refractivity contribution is 7.92. The molecule has 0 bridgehead atoms. The van der Waals surface area contributed by atoms with Crippen LogP contribution in [0.4, 0.5) is 0 Å². The van der Waals surface area contributed by atoms with Gasteiger partial charge in [-0.3, -0.25) is 4.79 Å². The average molecular weight is 326 g/mol. The summed E-state index contributed by atoms with van der Waals surface area (Å²) in [5, 5.41) is 0. The summed E-state index contributed by atoms with van der Waals surface area (Å²) in [4.78, 5) is 22.9. The minimum atomic E-state index is -3.74. The molecule has 120 valence electrons. The van der Waals surface area contributed by atoms with Crippen LogP contribution in [0.25, 0.3) is 0 Å². The molecule has 7 heteroatoms. The molecule has 0 heterocycles. The lowest BCUT2D eigenvalue weighted by Gasteiger charge is -2.13. The molecule has 0 fully saturated rings. The van der Waals surface area contributed by atoms with Gasteiger partial charge in [-0.2, -0.15) is 0 Å². The van der Waals surface area contributed by atoms with Crippen LogP contribution >= 0.6 is 0 Å². The van der Waals surface area contributed by atoms with E-state index in [1.165, 1.54) is 26.0 Å². The van der Waals surface area contributed by atoms with Crippen LogP contribution in [0.3, 0.4) is 0 Å². The van der Waals surface area contributed by atoms with Gasteiger partial charge >= 0.3 is 11.9 Å². The van der Waals surface area contributed by atoms with Crippen LogP contribution in [0.15, 0.2) is 47.4 Å². The van der Waals surface area contributed by atoms with E-state index in [4.69, 9.17) is 9.47 Å². The third kappa shape index (κ3) is 5.69. The van der Waals surface area contributed by atoms with Crippen molar-refractivity contribution in [2.24, 2.45) is 0 Å². The van der Waals surface area contributed by atoms with E-state index in [0.717, 1.165) is 0 Å². The summed E-state index contributed by atoms with van der Waals surface area (Å²) >= 11 is 0. The predicted molar refractivity (Wildman–Crippen MR) is 79.8 cm³/mol. The van der Waals surface area contributed by atoms with E-state index < -0.39 is 33.6 Å². The van der Waals surface area contributed by atoms with Crippen LogP contribution < -0.4 is 0 Å². The molecule has 1 aromatic carbocycles. The smallest absolute Gasteiger partial charge is 0.333 e. The second-order valence-electron chi connectivity index (χ2n) is 4.75. The molecule has 0 aliphatic heterocycles. The second kappa shape index (κ2) is 7.74. The summed E-state index contributed by atoms with van der Waals surface area (Å²) in [6.45, 7) is 6.22. The Labute approximate surface area is 129 Å². The molecular weight excluding hydrogens is 308 g/mol. The van der Waals surface area contributed by atoms with Crippen LogP contribution in [-0.2, 0) is 28.9 Å². The summed E-state index contributed by atoms with van der Waals surface area (Å²) in [5.74, 6) is -2.26. The Morgan fingerprint density at radius 1 is 1.23 bits per heavy atom. The van der Waals surface area contributed by atoms with E-state index >= 15 is 0 Å². The van der Waals surface area contributed by atoms with Gasteiger partial charge in [0.25, 0.3) is 0 Å². The quantitative estimate of drug-likeness (QED) is 0.557. The third-order valence-corrected chi connectivity index (χ3v) is 4.15. The molecule has 0 amide bonds. The minimum Gasteiger partial charge on any atom is -0.461 e. The van der Waals surface area contributed by atoms with Gasteiger partial charge in [0.15, 0.2) is 15.6 Å². The van der Waals surface area contributed by atoms with Crippen LogP contribution in [0.5, 0.6) is 0 Å². The van der Waals surface area contributed by atoms with Gasteiger partial charge in [-0.1, -0.05) is 24.8 Å². The number of benzene rings is 1. The van der Waals surface area contributed by atoms with Gasteiger partial charge in [0.05, 0.1) is 4.90 Å². The molecule has 0 spiro atoms. The zero-order chi connectivity index (χ0) is 16.8. The summed E-state index contributed by atoms with van der Waals surface area (Å²) < 4.78 is 33.6. The zero-order valence-corrected chi connectivity index (χ0v) is 13.3. The number of sulfone groups is 1. The topological polar surface area (TPSA) is 86.7 Å². The number of ether oxygens (including phenoxy) is 2. The number of esters is 2. The van der Waals surface area contributed by atoms with Crippen LogP contribution in [0.1, 0.15) is 13.8 Å². The molecule has 0 aliphatic carbocycles. The van der Waals surface area contributed by atoms with Crippen molar-refractivity contribution >= 4 is 21.8 Å². The maximum atomic E-state index is 12.0. The molecule has 0 saturated heterocycles. The standard InChI is InChI=1S/C15H18O6S/c1-11(2)15(17)21-12(3)9-20-14(16)10-22(18,19)13-7-5-4-6-8-13/h4-8,12H,1,9-10H2,2-3H3. The SMILES string of the molecule is C=C(C)C(=O)OC(C)COC(=O)CS(=O)(=O)c1ccccc1. The van der Waals surface area contributed by atoms with E-state index in [1.54, 1.807) is 18.2 Å². The van der Waals surface area contributed by atoms with Gasteiger partial charge in [-0.05, 0) is 26.0 Å². The second-order valence-corrected chi connectivity index (χ2v) is 6.74. The normalized spacial score (nSPS) is 12.3. The molecule has 0 aliphatic rings. The van der Waals surface area contributed by atoms with E-state index in [-0.39, 0.29) is 17.1 Å². The fourth-order valence-corrected chi connectivity index (χ4v) is 2.57. The molecule has 1 aromatic rings. The highest BCUT2D eigenvalue weighted by atomic mass is 32.2. The molecule has 0 radical (unpaired) electrons. The first-order valence-electron chi connectivity index (χ1n) is 6.52. The third-order valence-electron chi connectivity index (χ3n) is 2.55. The van der Waals surface area contributed by atoms with Crippen molar-refractivity contribution < 1.29 is 27.5 Å². The first-order chi connectivity index (χ1) is 10.2. The molecule has 0 aromatic heterocycles. The highest BCUT2D eigenvalue weighted by Gasteiger charge is 2.21. The predicted octanol–water partition coefficient (Wildman–Crippen LogP) is 1.51. The first kappa shape index (κ1) is 17.9. The van der Waals surface area contributed by atoms with Gasteiger partial charge < -0.3 is 9.47 Å². The lowest BCUT2D eigenvalue weighted by atomic mass is 10.3. The number of hydrogen-bond acceptors (Lipinski definition) is 6. The van der Waals surface area contributed by atoms with Gasteiger partial charge in [-0.15, -0.1) is 0 Å². The first-order valence-corrected chi connectivity index (χ1v) is 8.17. The van der Waals surface area contributed by atoms with Crippen molar-refractivity contribution in [3.05, 3.63) is 42.5 Å². The van der Waals surface area contributed by atoms with Crippen molar-refractivity contribution in [1.29, 1.82) is 0 Å². The van der Waals surface area contributed by atoms with Crippen molar-refractivity contribution in [3.63, 3.8) is 0 Å². The average Bonchev–Trinajstić information content (AvgIpc) is 2.45. The fraction of sp³-hybridized carbons (Fsp3) is 0.333. The molecule has 1 atom stereocenters. The lowest BCUT2D eigenvalue weighted by Crippen LogP contribution is -2.25. The maximum Gasteiger partial charge on any atom is 0.333 e. The van der Waals surface area contributed by atoms with Crippen molar-refractivity contribution in [2.75, 3.05) is 12.4 Å². The number of carbonyl (C=O) groups is 2. The van der Waals surface area contributed by atoms with Gasteiger partial charge in [0, 0.05) is 5.57 Å². The van der Waals surface area contributed by atoms with Crippen molar-refractivity contribution in [1.82, 2.24) is 0 Å². The van der Waals surface area contributed by atoms with Crippen LogP contribution in [0, 0.1) is 0 Å². The van der Waals surface area contributed by atoms with E-state index in [2.05, 4.69) is 6.58 Å². The zero-order valence-electron chi connectivity index (χ0n) is 12.4. The van der Waals surface area contributed by atoms with Gasteiger partial charge in [0.2, 0.25) is 0 Å². The van der Waals surface area contributed by atoms with Crippen LogP contribution in [0.2, 0.25) is 0 Å². The summed E-state index contributed by atoms with van der Waals surface area (Å²) in [7, 11) is -3.74. The Kier molecular flexibility index (Phi) is 6.30. The number of carbonyl (C=O) groups excluding carboxylic acids is 2. The Morgan fingerprint density at radius 3 is 2.36 bits per heavy atom. The Balaban J connectivity index is 2.50. The van der Waals surface area contributed by atoms with E-state index in [1.807, 2.05) is 0 Å². The highest BCUT2D eigenvalue weighted by Crippen LogP contribution is 2.10. The maximum absolute atomic E-state index is 12.0. The summed E-state index contributed by atoms with van der Waals surface area (Å²) in [5.41, 5.74) is 0.227. The molecule has 0 saturated carbocycles. The monoisotopic (exact) mass is 326 g/mol. The molecule has 1 unspecified atom stereocenters. The Morgan fingerprint density at radius 2 is 1.82 bits per heavy atom. The molecule has 0 N–H and O–H groups in total. The number of hydrogen-bond donors (Lipinski definition) is 0. The summed E-state index contributed by atoms with van der Waals surface area (Å²) in [6, 6.07) is 7.61. The van der Waals surface area contributed by atoms with Crippen molar-refractivity contribution in [2.45, 2.75) is 24.8 Å². The summed E-state index contributed by atoms with van der Waals surface area (Å²) in [6.07, 6.45) is -0.687. The molecular formula is C15H18O6S. The minimum absolute atomic E-state index is 0.0497. The van der Waals surface area contributed by atoms with E-state index in [0.29, 0.717) is 0 Å². The molecule has 6 nitrogen and oxygen atoms in total. The van der Waals surface area contributed by atoms with E-state index in [9.17, 15) is 18.0 Å². The number of rotatable bonds is 7. The largest absolute Gasteiger partial charge is 0.461 e. The van der Waals surface area contributed by atoms with Crippen molar-refractivity contribution in [3.8, 4) is 0 Å². The fourth-order valence-electron chi connectivity index (χ4n) is 1.44. The van der Waals surface area contributed by atoms with Gasteiger partial charge in [0.1, 0.15) is 12.7 Å². The van der Waals surface area contributed by atoms with Crippen LogP contribution in [-0.4, -0.2) is 38.8 Å². The Hall–Kier alpha value is -2.15. The molecule has 1 rings (SSSR count).